The molecule has 1 aromatic heterocycles. The minimum atomic E-state index is 1.17. The van der Waals surface area contributed by atoms with Crippen molar-refractivity contribution in [3.63, 3.8) is 0 Å². The summed E-state index contributed by atoms with van der Waals surface area (Å²) in [6.07, 6.45) is 5.53. The molecule has 1 heterocycles. The number of hydrogen-bond acceptors (Lipinski definition) is 1. The molecule has 0 atom stereocenters. The summed E-state index contributed by atoms with van der Waals surface area (Å²) in [5, 5.41) is 0. The Morgan fingerprint density at radius 3 is 2.75 bits per heavy atom. The van der Waals surface area contributed by atoms with E-state index in [9.17, 15) is 0 Å². The van der Waals surface area contributed by atoms with Gasteiger partial charge in [-0.15, -0.1) is 0 Å². The van der Waals surface area contributed by atoms with E-state index in [4.69, 9.17) is 0 Å². The Labute approximate surface area is 48.8 Å². The second-order valence-corrected chi connectivity index (χ2v) is 1.83. The summed E-state index contributed by atoms with van der Waals surface area (Å²) in [4.78, 5) is 3.92. The smallest absolute Gasteiger partial charge is 0.196 e. The number of aromatic nitrogens is 2. The third kappa shape index (κ3) is 0.832. The molecule has 0 aliphatic heterocycles. The lowest BCUT2D eigenvalue weighted by molar-refractivity contribution is -0.678. The summed E-state index contributed by atoms with van der Waals surface area (Å²) in [6.45, 7) is 2.02. The van der Waals surface area contributed by atoms with Gasteiger partial charge in [-0.2, -0.15) is 0 Å². The summed E-state index contributed by atoms with van der Waals surface area (Å²) in [5.74, 6) is 0. The van der Waals surface area contributed by atoms with Gasteiger partial charge in [-0.1, -0.05) is 0 Å². The molecule has 0 fully saturated rings. The molecule has 1 rings (SSSR count). The predicted octanol–water partition coefficient (Wildman–Crippen LogP) is 0.215. The van der Waals surface area contributed by atoms with Crippen LogP contribution in [0.25, 0.3) is 0 Å². The molecule has 0 aliphatic carbocycles. The highest BCUT2D eigenvalue weighted by atomic mass is 14.9. The molecule has 0 saturated carbocycles. The molecule has 2 heteroatoms. The van der Waals surface area contributed by atoms with Crippen molar-refractivity contribution >= 4 is 0 Å². The molecule has 0 aliphatic rings. The first-order chi connectivity index (χ1) is 3.80. The number of hydrogen-bond donors (Lipinski definition) is 0. The monoisotopic (exact) mass is 109 g/mol. The highest BCUT2D eigenvalue weighted by Gasteiger charge is 1.93. The Bertz CT molecular complexity index is 163. The van der Waals surface area contributed by atoms with Crippen molar-refractivity contribution in [1.82, 2.24) is 4.98 Å². The minimum Gasteiger partial charge on any atom is -0.252 e. The van der Waals surface area contributed by atoms with Gasteiger partial charge >= 0.3 is 0 Å². The van der Waals surface area contributed by atoms with Gasteiger partial charge in [0, 0.05) is 6.92 Å². The second kappa shape index (κ2) is 1.90. The van der Waals surface area contributed by atoms with Crippen LogP contribution in [-0.4, -0.2) is 4.98 Å². The van der Waals surface area contributed by atoms with E-state index >= 15 is 0 Å². The molecule has 1 aromatic rings. The summed E-state index contributed by atoms with van der Waals surface area (Å²) in [5.41, 5.74) is 1.17. The van der Waals surface area contributed by atoms with Crippen molar-refractivity contribution in [2.75, 3.05) is 0 Å². The van der Waals surface area contributed by atoms with Crippen LogP contribution in [0.15, 0.2) is 18.6 Å². The minimum absolute atomic E-state index is 1.17. The first-order valence-electron chi connectivity index (χ1n) is 2.57. The van der Waals surface area contributed by atoms with Crippen molar-refractivity contribution in [2.24, 2.45) is 7.05 Å². The summed E-state index contributed by atoms with van der Waals surface area (Å²) >= 11 is 0. The maximum atomic E-state index is 3.92. The zero-order valence-electron chi connectivity index (χ0n) is 5.13. The van der Waals surface area contributed by atoms with Crippen LogP contribution in [0.4, 0.5) is 0 Å². The average molecular weight is 109 g/mol. The van der Waals surface area contributed by atoms with Crippen LogP contribution in [0.2, 0.25) is 0 Å². The van der Waals surface area contributed by atoms with E-state index < -0.39 is 0 Å². The normalized spacial score (nSPS) is 9.25. The Morgan fingerprint density at radius 1 is 1.62 bits per heavy atom. The Morgan fingerprint density at radius 2 is 2.38 bits per heavy atom. The van der Waals surface area contributed by atoms with Crippen molar-refractivity contribution in [2.45, 2.75) is 6.92 Å². The summed E-state index contributed by atoms with van der Waals surface area (Å²) in [7, 11) is 2.00. The molecular formula is C6H9N2+. The highest BCUT2D eigenvalue weighted by Crippen LogP contribution is 1.78. The van der Waals surface area contributed by atoms with Gasteiger partial charge in [0.25, 0.3) is 0 Å². The van der Waals surface area contributed by atoms with Gasteiger partial charge in [0.05, 0.1) is 12.4 Å². The van der Waals surface area contributed by atoms with Crippen LogP contribution < -0.4 is 4.57 Å². The predicted molar refractivity (Wildman–Crippen MR) is 30.1 cm³/mol. The van der Waals surface area contributed by atoms with Crippen LogP contribution in [0.1, 0.15) is 5.69 Å². The van der Waals surface area contributed by atoms with Crippen molar-refractivity contribution in [1.29, 1.82) is 0 Å². The fraction of sp³-hybridized carbons (Fsp3) is 0.333. The molecule has 0 unspecified atom stereocenters. The van der Waals surface area contributed by atoms with Crippen LogP contribution >= 0.6 is 0 Å². The lowest BCUT2D eigenvalue weighted by Crippen LogP contribution is -2.30. The van der Waals surface area contributed by atoms with E-state index in [0.717, 1.165) is 0 Å². The molecule has 0 N–H and O–H groups in total. The van der Waals surface area contributed by atoms with Crippen molar-refractivity contribution < 1.29 is 4.57 Å². The zero-order chi connectivity index (χ0) is 5.98. The lowest BCUT2D eigenvalue weighted by atomic mass is 10.5. The Hall–Kier alpha value is -0.920. The molecule has 0 amide bonds. The van der Waals surface area contributed by atoms with E-state index in [1.54, 1.807) is 6.20 Å². The van der Waals surface area contributed by atoms with Gasteiger partial charge in [-0.25, -0.2) is 4.57 Å². The molecule has 0 aromatic carbocycles. The van der Waals surface area contributed by atoms with Gasteiger partial charge in [-0.3, -0.25) is 4.98 Å². The molecule has 2 nitrogen and oxygen atoms in total. The van der Waals surface area contributed by atoms with E-state index in [2.05, 4.69) is 4.98 Å². The molecular weight excluding hydrogens is 100 g/mol. The lowest BCUT2D eigenvalue weighted by Gasteiger charge is -1.86. The zero-order valence-corrected chi connectivity index (χ0v) is 5.13. The average Bonchev–Trinajstić information content (AvgIpc) is 1.77. The highest BCUT2D eigenvalue weighted by molar-refractivity contribution is 4.80. The molecule has 0 saturated heterocycles. The first kappa shape index (κ1) is 5.22. The Balaban J connectivity index is 3.13. The van der Waals surface area contributed by atoms with Gasteiger partial charge < -0.3 is 0 Å². The molecule has 0 spiro atoms. The quantitative estimate of drug-likeness (QED) is 0.435. The van der Waals surface area contributed by atoms with E-state index in [1.807, 2.05) is 30.9 Å². The topological polar surface area (TPSA) is 16.8 Å². The van der Waals surface area contributed by atoms with Crippen molar-refractivity contribution in [3.8, 4) is 0 Å². The first-order valence-corrected chi connectivity index (χ1v) is 2.57. The molecule has 42 valence electrons. The van der Waals surface area contributed by atoms with Crippen molar-refractivity contribution in [3.05, 3.63) is 24.3 Å². The fourth-order valence-electron chi connectivity index (χ4n) is 0.498. The van der Waals surface area contributed by atoms with Crippen LogP contribution in [0.3, 0.4) is 0 Å². The van der Waals surface area contributed by atoms with E-state index in [1.165, 1.54) is 5.69 Å². The molecule has 0 radical (unpaired) electrons. The Kier molecular flexibility index (Phi) is 1.24. The number of aryl methyl sites for hydroxylation is 2. The van der Waals surface area contributed by atoms with Crippen LogP contribution in [-0.2, 0) is 7.05 Å². The van der Waals surface area contributed by atoms with Gasteiger partial charge in [-0.05, 0) is 0 Å². The molecule has 8 heavy (non-hydrogen) atoms. The standard InChI is InChI=1S/C6H9N2/c1-6-5-7-3-4-8(6)2/h3-5H,1-2H3/q+1. The van der Waals surface area contributed by atoms with Gasteiger partial charge in [0.15, 0.2) is 11.9 Å². The third-order valence-corrected chi connectivity index (χ3v) is 1.19. The summed E-state index contributed by atoms with van der Waals surface area (Å²) < 4.78 is 2.02. The van der Waals surface area contributed by atoms with E-state index in [-0.39, 0.29) is 0 Å². The largest absolute Gasteiger partial charge is 0.252 e. The molecule has 0 bridgehead atoms. The van der Waals surface area contributed by atoms with Crippen LogP contribution in [0.5, 0.6) is 0 Å². The van der Waals surface area contributed by atoms with Gasteiger partial charge in [0.1, 0.15) is 7.05 Å². The van der Waals surface area contributed by atoms with Gasteiger partial charge in [0.2, 0.25) is 0 Å². The van der Waals surface area contributed by atoms with Crippen LogP contribution in [0, 0.1) is 6.92 Å². The van der Waals surface area contributed by atoms with E-state index in [0.29, 0.717) is 0 Å². The SMILES string of the molecule is Cc1cncc[n+]1C. The number of rotatable bonds is 0. The third-order valence-electron chi connectivity index (χ3n) is 1.19. The number of nitrogens with zero attached hydrogens (tertiary/aromatic N) is 2. The maximum Gasteiger partial charge on any atom is 0.196 e. The maximum absolute atomic E-state index is 3.92. The summed E-state index contributed by atoms with van der Waals surface area (Å²) in [6, 6.07) is 0. The second-order valence-electron chi connectivity index (χ2n) is 1.83. The fourth-order valence-corrected chi connectivity index (χ4v) is 0.498.